The molecular formula is C11H21NO3S. The van der Waals surface area contributed by atoms with Crippen molar-refractivity contribution in [2.45, 2.75) is 25.8 Å². The number of carbonyl (C=O) groups is 1. The third-order valence-electron chi connectivity index (χ3n) is 2.43. The molecule has 4 nitrogen and oxygen atoms in total. The first-order valence-corrected chi connectivity index (χ1v) is 7.03. The number of esters is 1. The van der Waals surface area contributed by atoms with E-state index in [1.54, 1.807) is 6.92 Å². The van der Waals surface area contributed by atoms with E-state index in [2.05, 4.69) is 5.32 Å². The first-order chi connectivity index (χ1) is 7.83. The van der Waals surface area contributed by atoms with Gasteiger partial charge in [-0.25, -0.2) is 4.79 Å². The van der Waals surface area contributed by atoms with Crippen LogP contribution in [0.5, 0.6) is 0 Å². The van der Waals surface area contributed by atoms with Gasteiger partial charge in [0.05, 0.1) is 13.2 Å². The molecule has 94 valence electrons. The summed E-state index contributed by atoms with van der Waals surface area (Å²) in [6.45, 7) is 3.66. The van der Waals surface area contributed by atoms with Gasteiger partial charge in [-0.2, -0.15) is 11.8 Å². The minimum Gasteiger partial charge on any atom is -0.464 e. The standard InChI is InChI=1S/C11H21NO3S/c1-2-15-11(13)9-14-6-5-12-10-3-7-16-8-4-10/h10,12H,2-9H2,1H3. The van der Waals surface area contributed by atoms with E-state index >= 15 is 0 Å². The van der Waals surface area contributed by atoms with Crippen LogP contribution < -0.4 is 5.32 Å². The highest BCUT2D eigenvalue weighted by Crippen LogP contribution is 2.16. The number of thioether (sulfide) groups is 1. The zero-order valence-electron chi connectivity index (χ0n) is 9.87. The zero-order valence-corrected chi connectivity index (χ0v) is 10.7. The molecule has 0 aromatic carbocycles. The van der Waals surface area contributed by atoms with E-state index < -0.39 is 0 Å². The summed E-state index contributed by atoms with van der Waals surface area (Å²) in [6.07, 6.45) is 2.48. The molecular weight excluding hydrogens is 226 g/mol. The summed E-state index contributed by atoms with van der Waals surface area (Å²) in [7, 11) is 0. The number of rotatable bonds is 7. The van der Waals surface area contributed by atoms with Gasteiger partial charge in [0.25, 0.3) is 0 Å². The van der Waals surface area contributed by atoms with Crippen LogP contribution in [-0.2, 0) is 14.3 Å². The second-order valence-corrected chi connectivity index (χ2v) is 4.92. The molecule has 0 aliphatic carbocycles. The lowest BCUT2D eigenvalue weighted by Crippen LogP contribution is -2.35. The Morgan fingerprint density at radius 3 is 2.88 bits per heavy atom. The molecule has 1 heterocycles. The number of nitrogens with one attached hydrogen (secondary N) is 1. The average Bonchev–Trinajstić information content (AvgIpc) is 2.30. The number of carbonyl (C=O) groups excluding carboxylic acids is 1. The molecule has 1 N–H and O–H groups in total. The lowest BCUT2D eigenvalue weighted by atomic mass is 10.1. The van der Waals surface area contributed by atoms with Crippen LogP contribution in [0.15, 0.2) is 0 Å². The molecule has 0 aromatic heterocycles. The minimum absolute atomic E-state index is 0.0655. The van der Waals surface area contributed by atoms with Crippen LogP contribution in [0.2, 0.25) is 0 Å². The molecule has 0 atom stereocenters. The highest BCUT2D eigenvalue weighted by molar-refractivity contribution is 7.99. The Morgan fingerprint density at radius 2 is 2.19 bits per heavy atom. The van der Waals surface area contributed by atoms with Gasteiger partial charge < -0.3 is 14.8 Å². The fourth-order valence-corrected chi connectivity index (χ4v) is 2.70. The molecule has 1 saturated heterocycles. The van der Waals surface area contributed by atoms with Crippen LogP contribution >= 0.6 is 11.8 Å². The molecule has 0 radical (unpaired) electrons. The highest BCUT2D eigenvalue weighted by atomic mass is 32.2. The van der Waals surface area contributed by atoms with Gasteiger partial charge in [-0.15, -0.1) is 0 Å². The number of hydrogen-bond acceptors (Lipinski definition) is 5. The van der Waals surface area contributed by atoms with E-state index in [0.29, 0.717) is 19.3 Å². The van der Waals surface area contributed by atoms with Gasteiger partial charge >= 0.3 is 5.97 Å². The Kier molecular flexibility index (Phi) is 7.63. The van der Waals surface area contributed by atoms with Gasteiger partial charge in [0, 0.05) is 12.6 Å². The Labute approximate surface area is 101 Å². The van der Waals surface area contributed by atoms with Crippen LogP contribution in [0.1, 0.15) is 19.8 Å². The third-order valence-corrected chi connectivity index (χ3v) is 3.47. The van der Waals surface area contributed by atoms with Crippen molar-refractivity contribution in [2.24, 2.45) is 0 Å². The summed E-state index contributed by atoms with van der Waals surface area (Å²) in [4.78, 5) is 10.9. The van der Waals surface area contributed by atoms with E-state index in [0.717, 1.165) is 6.54 Å². The second-order valence-electron chi connectivity index (χ2n) is 3.70. The van der Waals surface area contributed by atoms with Crippen molar-refractivity contribution in [1.29, 1.82) is 0 Å². The molecule has 0 spiro atoms. The van der Waals surface area contributed by atoms with Crippen molar-refractivity contribution in [3.63, 3.8) is 0 Å². The molecule has 16 heavy (non-hydrogen) atoms. The maximum atomic E-state index is 10.9. The summed E-state index contributed by atoms with van der Waals surface area (Å²) in [5.74, 6) is 2.22. The topological polar surface area (TPSA) is 47.6 Å². The van der Waals surface area contributed by atoms with Gasteiger partial charge in [-0.1, -0.05) is 0 Å². The fourth-order valence-electron chi connectivity index (χ4n) is 1.60. The first-order valence-electron chi connectivity index (χ1n) is 5.87. The number of ether oxygens (including phenoxy) is 2. The van der Waals surface area contributed by atoms with Gasteiger partial charge in [0.15, 0.2) is 0 Å². The maximum Gasteiger partial charge on any atom is 0.332 e. The van der Waals surface area contributed by atoms with Crippen LogP contribution in [0, 0.1) is 0 Å². The highest BCUT2D eigenvalue weighted by Gasteiger charge is 2.12. The van der Waals surface area contributed by atoms with Crippen LogP contribution in [0.4, 0.5) is 0 Å². The van der Waals surface area contributed by atoms with Gasteiger partial charge in [0.2, 0.25) is 0 Å². The Hall–Kier alpha value is -0.260. The maximum absolute atomic E-state index is 10.9. The van der Waals surface area contributed by atoms with Crippen LogP contribution in [0.3, 0.4) is 0 Å². The fraction of sp³-hybridized carbons (Fsp3) is 0.909. The van der Waals surface area contributed by atoms with E-state index in [-0.39, 0.29) is 12.6 Å². The predicted molar refractivity (Wildman–Crippen MR) is 65.8 cm³/mol. The largest absolute Gasteiger partial charge is 0.464 e. The molecule has 0 bridgehead atoms. The summed E-state index contributed by atoms with van der Waals surface area (Å²) >= 11 is 2.02. The molecule has 1 rings (SSSR count). The number of hydrogen-bond donors (Lipinski definition) is 1. The lowest BCUT2D eigenvalue weighted by molar-refractivity contribution is -0.148. The smallest absolute Gasteiger partial charge is 0.332 e. The predicted octanol–water partition coefficient (Wildman–Crippen LogP) is 1.05. The molecule has 1 aliphatic rings. The summed E-state index contributed by atoms with van der Waals surface area (Å²) in [6, 6.07) is 0.632. The van der Waals surface area contributed by atoms with Gasteiger partial charge in [-0.3, -0.25) is 0 Å². The van der Waals surface area contributed by atoms with Gasteiger partial charge in [0.1, 0.15) is 6.61 Å². The van der Waals surface area contributed by atoms with Crippen molar-refractivity contribution in [3.8, 4) is 0 Å². The molecule has 0 aromatic rings. The van der Waals surface area contributed by atoms with Crippen molar-refractivity contribution in [2.75, 3.05) is 37.9 Å². The minimum atomic E-state index is -0.281. The van der Waals surface area contributed by atoms with Crippen molar-refractivity contribution in [3.05, 3.63) is 0 Å². The summed E-state index contributed by atoms with van der Waals surface area (Å²) in [5.41, 5.74) is 0. The van der Waals surface area contributed by atoms with Gasteiger partial charge in [-0.05, 0) is 31.3 Å². The van der Waals surface area contributed by atoms with Crippen LogP contribution in [0.25, 0.3) is 0 Å². The quantitative estimate of drug-likeness (QED) is 0.538. The first kappa shape index (κ1) is 13.8. The summed E-state index contributed by atoms with van der Waals surface area (Å²) < 4.78 is 9.95. The van der Waals surface area contributed by atoms with Crippen molar-refractivity contribution >= 4 is 17.7 Å². The Morgan fingerprint density at radius 1 is 1.44 bits per heavy atom. The van der Waals surface area contributed by atoms with E-state index in [4.69, 9.17) is 9.47 Å². The van der Waals surface area contributed by atoms with Crippen molar-refractivity contribution in [1.82, 2.24) is 5.32 Å². The molecule has 0 saturated carbocycles. The molecule has 5 heteroatoms. The van der Waals surface area contributed by atoms with Crippen molar-refractivity contribution < 1.29 is 14.3 Å². The molecule has 0 amide bonds. The molecule has 0 unspecified atom stereocenters. The van der Waals surface area contributed by atoms with E-state index in [1.165, 1.54) is 24.3 Å². The second kappa shape index (κ2) is 8.84. The van der Waals surface area contributed by atoms with E-state index in [1.807, 2.05) is 11.8 Å². The molecule has 1 aliphatic heterocycles. The SMILES string of the molecule is CCOC(=O)COCCNC1CCSCC1. The Bertz CT molecular complexity index is 196. The third kappa shape index (κ3) is 6.35. The lowest BCUT2D eigenvalue weighted by Gasteiger charge is -2.22. The summed E-state index contributed by atoms with van der Waals surface area (Å²) in [5, 5.41) is 3.44. The normalized spacial score (nSPS) is 17.3. The molecule has 1 fully saturated rings. The Balaban J connectivity index is 1.89. The average molecular weight is 247 g/mol. The van der Waals surface area contributed by atoms with E-state index in [9.17, 15) is 4.79 Å². The zero-order chi connectivity index (χ0) is 11.6. The van der Waals surface area contributed by atoms with Crippen LogP contribution in [-0.4, -0.2) is 49.9 Å². The monoisotopic (exact) mass is 247 g/mol.